The Bertz CT molecular complexity index is 689. The summed E-state index contributed by atoms with van der Waals surface area (Å²) in [6.07, 6.45) is 0.744. The SMILES string of the molecule is C[C@H](N)C(=O)N[C@@H](CCCN=C(N)N)C(=O)N[C@H](Cc1ccccc1)C(=O)O. The second kappa shape index (κ2) is 11.5. The summed E-state index contributed by atoms with van der Waals surface area (Å²) in [5.41, 5.74) is 16.8. The number of carbonyl (C=O) groups excluding carboxylic acids is 2. The number of hydrogen-bond donors (Lipinski definition) is 6. The van der Waals surface area contributed by atoms with Gasteiger partial charge in [0.1, 0.15) is 12.1 Å². The lowest BCUT2D eigenvalue weighted by atomic mass is 10.0. The average Bonchev–Trinajstić information content (AvgIpc) is 2.63. The third-order valence-corrected chi connectivity index (χ3v) is 3.89. The largest absolute Gasteiger partial charge is 0.480 e. The fraction of sp³-hybridized carbons (Fsp3) is 0.444. The lowest BCUT2D eigenvalue weighted by Crippen LogP contribution is -2.54. The molecule has 0 heterocycles. The molecule has 1 aromatic carbocycles. The highest BCUT2D eigenvalue weighted by molar-refractivity contribution is 5.91. The van der Waals surface area contributed by atoms with Crippen LogP contribution >= 0.6 is 0 Å². The highest BCUT2D eigenvalue weighted by atomic mass is 16.4. The number of guanidine groups is 1. The smallest absolute Gasteiger partial charge is 0.326 e. The van der Waals surface area contributed by atoms with Crippen LogP contribution in [0.5, 0.6) is 0 Å². The Balaban J connectivity index is 2.81. The minimum absolute atomic E-state index is 0.0746. The molecule has 28 heavy (non-hydrogen) atoms. The van der Waals surface area contributed by atoms with Gasteiger partial charge in [-0.15, -0.1) is 0 Å². The molecule has 3 atom stereocenters. The van der Waals surface area contributed by atoms with Gasteiger partial charge < -0.3 is 32.9 Å². The third-order valence-electron chi connectivity index (χ3n) is 3.89. The van der Waals surface area contributed by atoms with E-state index < -0.39 is 35.9 Å². The number of nitrogens with one attached hydrogen (secondary N) is 2. The molecule has 0 aliphatic heterocycles. The Morgan fingerprint density at radius 1 is 1.07 bits per heavy atom. The van der Waals surface area contributed by atoms with Crippen molar-refractivity contribution < 1.29 is 19.5 Å². The lowest BCUT2D eigenvalue weighted by molar-refractivity contribution is -0.142. The summed E-state index contributed by atoms with van der Waals surface area (Å²) < 4.78 is 0. The average molecular weight is 392 g/mol. The molecule has 1 rings (SSSR count). The molecule has 0 spiro atoms. The maximum Gasteiger partial charge on any atom is 0.326 e. The second-order valence-corrected chi connectivity index (χ2v) is 6.39. The summed E-state index contributed by atoms with van der Waals surface area (Å²) >= 11 is 0. The summed E-state index contributed by atoms with van der Waals surface area (Å²) in [6.45, 7) is 1.76. The number of hydrogen-bond acceptors (Lipinski definition) is 5. The first-order valence-corrected chi connectivity index (χ1v) is 8.89. The van der Waals surface area contributed by atoms with Crippen LogP contribution in [0.3, 0.4) is 0 Å². The molecule has 0 saturated heterocycles. The van der Waals surface area contributed by atoms with Crippen molar-refractivity contribution in [2.75, 3.05) is 6.54 Å². The fourth-order valence-electron chi connectivity index (χ4n) is 2.40. The van der Waals surface area contributed by atoms with Gasteiger partial charge in [-0.1, -0.05) is 30.3 Å². The van der Waals surface area contributed by atoms with E-state index in [1.807, 2.05) is 6.07 Å². The van der Waals surface area contributed by atoms with Crippen LogP contribution < -0.4 is 27.8 Å². The molecule has 0 aliphatic carbocycles. The molecule has 0 saturated carbocycles. The van der Waals surface area contributed by atoms with Crippen molar-refractivity contribution in [1.29, 1.82) is 0 Å². The Morgan fingerprint density at radius 3 is 2.21 bits per heavy atom. The van der Waals surface area contributed by atoms with Crippen molar-refractivity contribution in [2.24, 2.45) is 22.2 Å². The number of aliphatic carboxylic acids is 1. The van der Waals surface area contributed by atoms with Gasteiger partial charge in [-0.05, 0) is 25.3 Å². The van der Waals surface area contributed by atoms with Crippen LogP contribution in [0.25, 0.3) is 0 Å². The normalized spacial score (nSPS) is 13.6. The number of rotatable bonds is 11. The maximum absolute atomic E-state index is 12.6. The Hall–Kier alpha value is -3.14. The monoisotopic (exact) mass is 392 g/mol. The number of benzene rings is 1. The molecular weight excluding hydrogens is 364 g/mol. The molecule has 0 unspecified atom stereocenters. The molecule has 9 N–H and O–H groups in total. The van der Waals surface area contributed by atoms with Crippen molar-refractivity contribution in [3.05, 3.63) is 35.9 Å². The predicted molar refractivity (Wildman–Crippen MR) is 105 cm³/mol. The standard InChI is InChI=1S/C18H28N6O4/c1-11(19)15(25)23-13(8-5-9-22-18(20)21)16(26)24-14(17(27)28)10-12-6-3-2-4-7-12/h2-4,6-7,11,13-14H,5,8-10,19H2,1H3,(H,23,25)(H,24,26)(H,27,28)(H4,20,21,22)/t11-,13-,14+/m0/s1. The number of nitrogens with two attached hydrogens (primary N) is 3. The highest BCUT2D eigenvalue weighted by Crippen LogP contribution is 2.06. The first kappa shape index (κ1) is 22.9. The van der Waals surface area contributed by atoms with E-state index in [4.69, 9.17) is 17.2 Å². The van der Waals surface area contributed by atoms with Gasteiger partial charge in [0.25, 0.3) is 0 Å². The zero-order valence-corrected chi connectivity index (χ0v) is 15.8. The number of aliphatic imine (C=N–C) groups is 1. The van der Waals surface area contributed by atoms with Crippen LogP contribution in [0.2, 0.25) is 0 Å². The van der Waals surface area contributed by atoms with E-state index in [1.54, 1.807) is 24.3 Å². The van der Waals surface area contributed by atoms with Crippen molar-refractivity contribution in [3.63, 3.8) is 0 Å². The molecule has 0 aliphatic rings. The topological polar surface area (TPSA) is 186 Å². The van der Waals surface area contributed by atoms with E-state index >= 15 is 0 Å². The molecule has 1 aromatic rings. The van der Waals surface area contributed by atoms with Gasteiger partial charge in [0.05, 0.1) is 6.04 Å². The van der Waals surface area contributed by atoms with E-state index in [2.05, 4.69) is 15.6 Å². The third kappa shape index (κ3) is 8.49. The summed E-state index contributed by atoms with van der Waals surface area (Å²) in [5.74, 6) is -2.37. The molecule has 154 valence electrons. The van der Waals surface area contributed by atoms with Crippen LogP contribution in [-0.2, 0) is 20.8 Å². The van der Waals surface area contributed by atoms with Crippen molar-refractivity contribution in [2.45, 2.75) is 44.3 Å². The van der Waals surface area contributed by atoms with E-state index in [-0.39, 0.29) is 25.3 Å². The summed E-state index contributed by atoms with van der Waals surface area (Å²) in [5, 5.41) is 14.5. The lowest BCUT2D eigenvalue weighted by Gasteiger charge is -2.22. The fourth-order valence-corrected chi connectivity index (χ4v) is 2.40. The van der Waals surface area contributed by atoms with E-state index in [1.165, 1.54) is 6.92 Å². The van der Waals surface area contributed by atoms with Crippen LogP contribution in [0.4, 0.5) is 0 Å². The van der Waals surface area contributed by atoms with Gasteiger partial charge >= 0.3 is 5.97 Å². The summed E-state index contributed by atoms with van der Waals surface area (Å²) in [7, 11) is 0. The number of carbonyl (C=O) groups is 3. The molecule has 10 nitrogen and oxygen atoms in total. The van der Waals surface area contributed by atoms with E-state index in [0.29, 0.717) is 6.42 Å². The van der Waals surface area contributed by atoms with Gasteiger partial charge in [0.2, 0.25) is 11.8 Å². The zero-order valence-electron chi connectivity index (χ0n) is 15.8. The molecule has 0 fully saturated rings. The maximum atomic E-state index is 12.6. The zero-order chi connectivity index (χ0) is 21.1. The van der Waals surface area contributed by atoms with Gasteiger partial charge in [0.15, 0.2) is 5.96 Å². The quantitative estimate of drug-likeness (QED) is 0.153. The predicted octanol–water partition coefficient (Wildman–Crippen LogP) is -1.32. The van der Waals surface area contributed by atoms with E-state index in [9.17, 15) is 19.5 Å². The Morgan fingerprint density at radius 2 is 1.68 bits per heavy atom. The van der Waals surface area contributed by atoms with Crippen molar-refractivity contribution >= 4 is 23.7 Å². The van der Waals surface area contributed by atoms with Crippen molar-refractivity contribution in [1.82, 2.24) is 10.6 Å². The Kier molecular flexibility index (Phi) is 9.44. The van der Waals surface area contributed by atoms with Crippen LogP contribution in [0.1, 0.15) is 25.3 Å². The Labute approximate surface area is 163 Å². The second-order valence-electron chi connectivity index (χ2n) is 6.39. The number of carboxylic acid groups (broad SMARTS) is 1. The first-order valence-electron chi connectivity index (χ1n) is 8.89. The molecule has 0 bridgehead atoms. The van der Waals surface area contributed by atoms with Crippen LogP contribution in [-0.4, -0.2) is 53.5 Å². The van der Waals surface area contributed by atoms with Gasteiger partial charge in [-0.25, -0.2) is 4.79 Å². The number of nitrogens with zero attached hydrogens (tertiary/aromatic N) is 1. The first-order chi connectivity index (χ1) is 13.2. The van der Waals surface area contributed by atoms with Crippen LogP contribution in [0.15, 0.2) is 35.3 Å². The van der Waals surface area contributed by atoms with Crippen LogP contribution in [0, 0.1) is 0 Å². The summed E-state index contributed by atoms with van der Waals surface area (Å²) in [4.78, 5) is 39.9. The van der Waals surface area contributed by atoms with E-state index in [0.717, 1.165) is 5.56 Å². The summed E-state index contributed by atoms with van der Waals surface area (Å²) in [6, 6.07) is 6.02. The van der Waals surface area contributed by atoms with Gasteiger partial charge in [0, 0.05) is 13.0 Å². The molecule has 10 heteroatoms. The van der Waals surface area contributed by atoms with Gasteiger partial charge in [-0.2, -0.15) is 0 Å². The highest BCUT2D eigenvalue weighted by Gasteiger charge is 2.27. The van der Waals surface area contributed by atoms with Crippen molar-refractivity contribution in [3.8, 4) is 0 Å². The molecular formula is C18H28N6O4. The molecule has 2 amide bonds. The minimum Gasteiger partial charge on any atom is -0.480 e. The van der Waals surface area contributed by atoms with Gasteiger partial charge in [-0.3, -0.25) is 14.6 Å². The number of carboxylic acids is 1. The molecule has 0 radical (unpaired) electrons. The molecule has 0 aromatic heterocycles. The number of amides is 2. The minimum atomic E-state index is -1.17.